The van der Waals surface area contributed by atoms with Crippen molar-refractivity contribution in [2.24, 2.45) is 0 Å². The van der Waals surface area contributed by atoms with Crippen molar-refractivity contribution >= 4 is 23.1 Å². The number of benzene rings is 2. The Morgan fingerprint density at radius 1 is 1.05 bits per heavy atom. The maximum Gasteiger partial charge on any atom is 0.258 e. The average molecular weight is 588 g/mol. The topological polar surface area (TPSA) is 89.0 Å². The molecule has 1 atom stereocenters. The second kappa shape index (κ2) is 11.8. The maximum atomic E-state index is 14.9. The molecule has 2 aliphatic rings. The summed E-state index contributed by atoms with van der Waals surface area (Å²) < 4.78 is 46.1. The van der Waals surface area contributed by atoms with E-state index in [0.717, 1.165) is 17.8 Å². The van der Waals surface area contributed by atoms with E-state index in [1.165, 1.54) is 24.3 Å². The van der Waals surface area contributed by atoms with Crippen LogP contribution in [0.5, 0.6) is 11.5 Å². The monoisotopic (exact) mass is 587 g/mol. The largest absolute Gasteiger partial charge is 0.497 e. The average Bonchev–Trinajstić information content (AvgIpc) is 3.32. The summed E-state index contributed by atoms with van der Waals surface area (Å²) in [5.74, 6) is -0.0945. The number of nitrogens with zero attached hydrogens (tertiary/aromatic N) is 4. The molecule has 0 radical (unpaired) electrons. The Hall–Kier alpha value is -4.77. The molecule has 2 aromatic carbocycles. The van der Waals surface area contributed by atoms with E-state index in [1.54, 1.807) is 37.4 Å². The SMILES string of the molecule is COc1ccc(CN2Cc3nc(-c4c(F)cccc4F)cc(Nc4ccc(N5CCOCC5C)cn4)c3C2=O)c(OC)c1. The van der Waals surface area contributed by atoms with Crippen LogP contribution in [0.4, 0.5) is 26.0 Å². The fraction of sp³-hybridized carbons (Fsp3) is 0.281. The first-order valence-electron chi connectivity index (χ1n) is 13.9. The van der Waals surface area contributed by atoms with E-state index in [-0.39, 0.29) is 36.3 Å². The highest BCUT2D eigenvalue weighted by Gasteiger charge is 2.34. The minimum Gasteiger partial charge on any atom is -0.497 e. The molecule has 1 saturated heterocycles. The number of carbonyl (C=O) groups excluding carboxylic acids is 1. The molecule has 4 aromatic rings. The Kier molecular flexibility index (Phi) is 7.81. The van der Waals surface area contributed by atoms with Gasteiger partial charge in [0.25, 0.3) is 5.91 Å². The van der Waals surface area contributed by atoms with E-state index in [1.807, 2.05) is 18.2 Å². The number of amides is 1. The van der Waals surface area contributed by atoms with Crippen LogP contribution in [0.15, 0.2) is 60.8 Å². The smallest absolute Gasteiger partial charge is 0.258 e. The number of aromatic nitrogens is 2. The Labute approximate surface area is 248 Å². The van der Waals surface area contributed by atoms with Gasteiger partial charge in [-0.05, 0) is 49.4 Å². The van der Waals surface area contributed by atoms with Crippen molar-refractivity contribution < 1.29 is 27.8 Å². The van der Waals surface area contributed by atoms with E-state index in [2.05, 4.69) is 27.1 Å². The number of anilines is 3. The fourth-order valence-electron chi connectivity index (χ4n) is 5.53. The summed E-state index contributed by atoms with van der Waals surface area (Å²) in [7, 11) is 3.12. The van der Waals surface area contributed by atoms with Crippen LogP contribution in [0.1, 0.15) is 28.5 Å². The summed E-state index contributed by atoms with van der Waals surface area (Å²) in [6.07, 6.45) is 1.76. The first-order chi connectivity index (χ1) is 20.9. The predicted molar refractivity (Wildman–Crippen MR) is 158 cm³/mol. The quantitative estimate of drug-likeness (QED) is 0.287. The standard InChI is InChI=1S/C32H31F2N5O4/c1-19-18-43-12-11-39(19)21-8-10-29(35-15-21)37-26-14-25(30-23(33)5-4-6-24(30)34)36-27-17-38(32(40)31(26)27)16-20-7-9-22(41-2)13-28(20)42-3/h4-10,13-15,19H,11-12,16-18H2,1-3H3,(H,35,36,37). The molecular weight excluding hydrogens is 556 g/mol. The lowest BCUT2D eigenvalue weighted by atomic mass is 10.1. The van der Waals surface area contributed by atoms with Crippen molar-refractivity contribution in [2.45, 2.75) is 26.1 Å². The second-order valence-corrected chi connectivity index (χ2v) is 10.5. The third-order valence-corrected chi connectivity index (χ3v) is 7.72. The third kappa shape index (κ3) is 5.55. The Morgan fingerprint density at radius 3 is 2.56 bits per heavy atom. The Balaban J connectivity index is 1.35. The molecule has 11 heteroatoms. The van der Waals surface area contributed by atoms with Gasteiger partial charge in [0.1, 0.15) is 29.0 Å². The number of methoxy groups -OCH3 is 2. The fourth-order valence-corrected chi connectivity index (χ4v) is 5.53. The summed E-state index contributed by atoms with van der Waals surface area (Å²) in [5.41, 5.74) is 2.62. The van der Waals surface area contributed by atoms with E-state index in [4.69, 9.17) is 14.2 Å². The molecule has 2 aromatic heterocycles. The van der Waals surface area contributed by atoms with Gasteiger partial charge in [0.15, 0.2) is 0 Å². The number of morpholine rings is 1. The molecule has 1 amide bonds. The lowest BCUT2D eigenvalue weighted by Gasteiger charge is -2.35. The highest BCUT2D eigenvalue weighted by Crippen LogP contribution is 2.37. The van der Waals surface area contributed by atoms with Crippen LogP contribution in [0, 0.1) is 11.6 Å². The summed E-state index contributed by atoms with van der Waals surface area (Å²) in [6, 6.07) is 14.5. The number of nitrogens with one attached hydrogen (secondary N) is 1. The van der Waals surface area contributed by atoms with Gasteiger partial charge in [-0.15, -0.1) is 0 Å². The minimum absolute atomic E-state index is 0.0762. The summed E-state index contributed by atoms with van der Waals surface area (Å²) in [4.78, 5) is 26.8. The Morgan fingerprint density at radius 2 is 1.86 bits per heavy atom. The maximum absolute atomic E-state index is 14.9. The summed E-state index contributed by atoms with van der Waals surface area (Å²) in [6.45, 7) is 4.50. The Bertz CT molecular complexity index is 1650. The molecule has 6 rings (SSSR count). The van der Waals surface area contributed by atoms with Crippen LogP contribution < -0.4 is 19.7 Å². The normalized spacial score (nSPS) is 16.3. The van der Waals surface area contributed by atoms with Crippen molar-refractivity contribution in [3.8, 4) is 22.8 Å². The highest BCUT2D eigenvalue weighted by atomic mass is 19.1. The first kappa shape index (κ1) is 28.4. The van der Waals surface area contributed by atoms with Crippen molar-refractivity contribution in [3.63, 3.8) is 0 Å². The molecule has 1 N–H and O–H groups in total. The zero-order valence-corrected chi connectivity index (χ0v) is 24.1. The van der Waals surface area contributed by atoms with Gasteiger partial charge in [-0.3, -0.25) is 4.79 Å². The van der Waals surface area contributed by atoms with Crippen LogP contribution in [0.2, 0.25) is 0 Å². The second-order valence-electron chi connectivity index (χ2n) is 10.5. The van der Waals surface area contributed by atoms with Crippen LogP contribution in [-0.2, 0) is 17.8 Å². The lowest BCUT2D eigenvalue weighted by molar-refractivity contribution is 0.0766. The van der Waals surface area contributed by atoms with Gasteiger partial charge >= 0.3 is 0 Å². The number of hydrogen-bond acceptors (Lipinski definition) is 8. The molecule has 0 bridgehead atoms. The van der Waals surface area contributed by atoms with Gasteiger partial charge in [0, 0.05) is 24.2 Å². The molecule has 1 fully saturated rings. The van der Waals surface area contributed by atoms with Gasteiger partial charge in [-0.1, -0.05) is 6.07 Å². The van der Waals surface area contributed by atoms with Crippen LogP contribution in [-0.4, -0.2) is 60.8 Å². The first-order valence-corrected chi connectivity index (χ1v) is 13.9. The number of ether oxygens (including phenoxy) is 3. The molecule has 222 valence electrons. The van der Waals surface area contributed by atoms with Gasteiger partial charge < -0.3 is 29.3 Å². The molecule has 1 unspecified atom stereocenters. The zero-order chi connectivity index (χ0) is 30.1. The molecule has 43 heavy (non-hydrogen) atoms. The third-order valence-electron chi connectivity index (χ3n) is 7.72. The number of rotatable bonds is 8. The summed E-state index contributed by atoms with van der Waals surface area (Å²) in [5, 5.41) is 3.22. The summed E-state index contributed by atoms with van der Waals surface area (Å²) >= 11 is 0. The van der Waals surface area contributed by atoms with E-state index < -0.39 is 11.6 Å². The van der Waals surface area contributed by atoms with Gasteiger partial charge in [0.2, 0.25) is 0 Å². The van der Waals surface area contributed by atoms with Gasteiger partial charge in [-0.2, -0.15) is 0 Å². The van der Waals surface area contributed by atoms with Gasteiger partial charge in [0.05, 0.1) is 80.6 Å². The lowest BCUT2D eigenvalue weighted by Crippen LogP contribution is -2.43. The van der Waals surface area contributed by atoms with Crippen molar-refractivity contribution in [1.29, 1.82) is 0 Å². The van der Waals surface area contributed by atoms with Crippen LogP contribution in [0.25, 0.3) is 11.3 Å². The number of hydrogen-bond donors (Lipinski definition) is 1. The number of pyridine rings is 2. The molecular formula is C32H31F2N5O4. The van der Waals surface area contributed by atoms with Crippen molar-refractivity contribution in [1.82, 2.24) is 14.9 Å². The highest BCUT2D eigenvalue weighted by molar-refractivity contribution is 6.04. The minimum atomic E-state index is -0.746. The number of fused-ring (bicyclic) bond motifs is 1. The number of halogens is 2. The van der Waals surface area contributed by atoms with E-state index in [0.29, 0.717) is 47.5 Å². The molecule has 0 spiro atoms. The van der Waals surface area contributed by atoms with Crippen LogP contribution >= 0.6 is 0 Å². The molecule has 4 heterocycles. The molecule has 2 aliphatic heterocycles. The number of carbonyl (C=O) groups is 1. The molecule has 9 nitrogen and oxygen atoms in total. The van der Waals surface area contributed by atoms with Gasteiger partial charge in [-0.25, -0.2) is 18.7 Å². The van der Waals surface area contributed by atoms with Crippen LogP contribution in [0.3, 0.4) is 0 Å². The van der Waals surface area contributed by atoms with Crippen molar-refractivity contribution in [3.05, 3.63) is 89.2 Å². The van der Waals surface area contributed by atoms with E-state index in [9.17, 15) is 13.6 Å². The van der Waals surface area contributed by atoms with E-state index >= 15 is 0 Å². The predicted octanol–water partition coefficient (Wildman–Crippen LogP) is 5.56. The van der Waals surface area contributed by atoms with Crippen molar-refractivity contribution in [2.75, 3.05) is 44.2 Å². The zero-order valence-electron chi connectivity index (χ0n) is 24.1. The molecule has 0 aliphatic carbocycles. The molecule has 0 saturated carbocycles.